The average molecular weight is 648 g/mol. The van der Waals surface area contributed by atoms with Gasteiger partial charge in [0.2, 0.25) is 11.8 Å². The standard InChI is InChI=1S/C35H38ClN3O5S/c1-3-4-22-37-35(41)33(24-27-12-7-5-8-13-27)38(25-28-14-11-17-31(23-28)44-2)34(40)26-39(30-15-9-6-10-16-30)45(42,43)32-20-18-29(36)19-21-32/h5-21,23,33H,3-4,22,24-26H2,1-2H3,(H,37,41)/t33-/m1/s1. The first-order chi connectivity index (χ1) is 21.7. The SMILES string of the molecule is CCCCNC(=O)[C@@H](Cc1ccccc1)N(Cc1cccc(OC)c1)C(=O)CN(c1ccccc1)S(=O)(=O)c1ccc(Cl)cc1. The van der Waals surface area contributed by atoms with Gasteiger partial charge in [-0.1, -0.05) is 85.6 Å². The van der Waals surface area contributed by atoms with E-state index in [0.717, 1.165) is 28.3 Å². The van der Waals surface area contributed by atoms with E-state index in [9.17, 15) is 18.0 Å². The third kappa shape index (κ3) is 9.09. The highest BCUT2D eigenvalue weighted by Gasteiger charge is 2.34. The third-order valence-corrected chi connectivity index (χ3v) is 9.35. The summed E-state index contributed by atoms with van der Waals surface area (Å²) >= 11 is 6.04. The summed E-state index contributed by atoms with van der Waals surface area (Å²) in [6, 6.07) is 30.0. The molecule has 0 unspecified atom stereocenters. The molecule has 0 aliphatic rings. The monoisotopic (exact) mass is 647 g/mol. The van der Waals surface area contributed by atoms with E-state index < -0.39 is 28.5 Å². The number of unbranched alkanes of at least 4 members (excludes halogenated alkanes) is 1. The summed E-state index contributed by atoms with van der Waals surface area (Å²) in [5, 5.41) is 3.38. The molecule has 2 amide bonds. The second kappa shape index (κ2) is 16.1. The van der Waals surface area contributed by atoms with Crippen molar-refractivity contribution < 1.29 is 22.7 Å². The Kier molecular flexibility index (Phi) is 12.0. The Morgan fingerprint density at radius 3 is 2.16 bits per heavy atom. The number of hydrogen-bond donors (Lipinski definition) is 1. The van der Waals surface area contributed by atoms with Crippen molar-refractivity contribution in [2.75, 3.05) is 24.5 Å². The summed E-state index contributed by atoms with van der Waals surface area (Å²) in [4.78, 5) is 29.7. The fourth-order valence-electron chi connectivity index (χ4n) is 4.88. The molecule has 45 heavy (non-hydrogen) atoms. The van der Waals surface area contributed by atoms with Crippen molar-refractivity contribution in [3.63, 3.8) is 0 Å². The van der Waals surface area contributed by atoms with Gasteiger partial charge in [-0.2, -0.15) is 0 Å². The molecular weight excluding hydrogens is 610 g/mol. The van der Waals surface area contributed by atoms with Crippen LogP contribution in [0.5, 0.6) is 5.75 Å². The van der Waals surface area contributed by atoms with Gasteiger partial charge in [0.1, 0.15) is 18.3 Å². The number of rotatable bonds is 15. The van der Waals surface area contributed by atoms with Crippen molar-refractivity contribution in [3.05, 3.63) is 125 Å². The summed E-state index contributed by atoms with van der Waals surface area (Å²) in [5.41, 5.74) is 1.91. The molecular formula is C35H38ClN3O5S. The molecule has 4 aromatic rings. The Morgan fingerprint density at radius 2 is 1.51 bits per heavy atom. The fraction of sp³-hybridized carbons (Fsp3) is 0.257. The van der Waals surface area contributed by atoms with Gasteiger partial charge in [-0.3, -0.25) is 13.9 Å². The molecule has 1 atom stereocenters. The van der Waals surface area contributed by atoms with Gasteiger partial charge in [0.05, 0.1) is 17.7 Å². The highest BCUT2D eigenvalue weighted by molar-refractivity contribution is 7.92. The van der Waals surface area contributed by atoms with Gasteiger partial charge in [-0.15, -0.1) is 0 Å². The molecule has 0 saturated carbocycles. The van der Waals surface area contributed by atoms with E-state index in [4.69, 9.17) is 16.3 Å². The molecule has 10 heteroatoms. The number of nitrogens with zero attached hydrogens (tertiary/aromatic N) is 2. The zero-order valence-electron chi connectivity index (χ0n) is 25.4. The third-order valence-electron chi connectivity index (χ3n) is 7.31. The maximum absolute atomic E-state index is 14.5. The summed E-state index contributed by atoms with van der Waals surface area (Å²) in [6.45, 7) is 2.01. The van der Waals surface area contributed by atoms with Crippen LogP contribution in [0.4, 0.5) is 5.69 Å². The van der Waals surface area contributed by atoms with Crippen LogP contribution in [-0.4, -0.2) is 51.4 Å². The van der Waals surface area contributed by atoms with Gasteiger partial charge in [0.15, 0.2) is 0 Å². The topological polar surface area (TPSA) is 96.0 Å². The Hall–Kier alpha value is -4.34. The molecule has 0 bridgehead atoms. The zero-order chi connectivity index (χ0) is 32.2. The largest absolute Gasteiger partial charge is 0.497 e. The van der Waals surface area contributed by atoms with Crippen LogP contribution in [0, 0.1) is 0 Å². The highest BCUT2D eigenvalue weighted by Crippen LogP contribution is 2.26. The van der Waals surface area contributed by atoms with E-state index in [1.807, 2.05) is 49.4 Å². The molecule has 0 saturated heterocycles. The molecule has 0 aromatic heterocycles. The van der Waals surface area contributed by atoms with Gasteiger partial charge >= 0.3 is 0 Å². The van der Waals surface area contributed by atoms with Crippen molar-refractivity contribution in [2.45, 2.75) is 43.7 Å². The first-order valence-corrected chi connectivity index (χ1v) is 16.6. The van der Waals surface area contributed by atoms with Crippen molar-refractivity contribution >= 4 is 39.1 Å². The second-order valence-electron chi connectivity index (χ2n) is 10.5. The predicted molar refractivity (Wildman–Crippen MR) is 178 cm³/mol. The number of sulfonamides is 1. The van der Waals surface area contributed by atoms with Gasteiger partial charge in [0, 0.05) is 24.5 Å². The lowest BCUT2D eigenvalue weighted by molar-refractivity contribution is -0.140. The predicted octanol–water partition coefficient (Wildman–Crippen LogP) is 6.10. The van der Waals surface area contributed by atoms with Crippen LogP contribution in [-0.2, 0) is 32.6 Å². The number of para-hydroxylation sites is 1. The van der Waals surface area contributed by atoms with Crippen LogP contribution < -0.4 is 14.4 Å². The van der Waals surface area contributed by atoms with Gasteiger partial charge < -0.3 is 15.0 Å². The minimum absolute atomic E-state index is 0.0129. The Morgan fingerprint density at radius 1 is 0.867 bits per heavy atom. The second-order valence-corrected chi connectivity index (χ2v) is 12.8. The number of methoxy groups -OCH3 is 1. The van der Waals surface area contributed by atoms with Crippen LogP contribution in [0.3, 0.4) is 0 Å². The van der Waals surface area contributed by atoms with Gasteiger partial charge in [0.25, 0.3) is 10.0 Å². The van der Waals surface area contributed by atoms with Crippen LogP contribution in [0.25, 0.3) is 0 Å². The number of hydrogen-bond acceptors (Lipinski definition) is 5. The highest BCUT2D eigenvalue weighted by atomic mass is 35.5. The van der Waals surface area contributed by atoms with E-state index in [-0.39, 0.29) is 23.8 Å². The lowest BCUT2D eigenvalue weighted by atomic mass is 10.0. The molecule has 0 aliphatic carbocycles. The molecule has 236 valence electrons. The van der Waals surface area contributed by atoms with Gasteiger partial charge in [-0.05, 0) is 66.1 Å². The van der Waals surface area contributed by atoms with Crippen molar-refractivity contribution in [1.82, 2.24) is 10.2 Å². The number of anilines is 1. The zero-order valence-corrected chi connectivity index (χ0v) is 27.0. The number of ether oxygens (including phenoxy) is 1. The van der Waals surface area contributed by atoms with Crippen LogP contribution in [0.15, 0.2) is 114 Å². The normalized spacial score (nSPS) is 11.8. The molecule has 0 fully saturated rings. The Balaban J connectivity index is 1.78. The minimum atomic E-state index is -4.20. The molecule has 0 heterocycles. The Labute approximate surface area is 270 Å². The summed E-state index contributed by atoms with van der Waals surface area (Å²) in [5.74, 6) is -0.246. The number of benzene rings is 4. The smallest absolute Gasteiger partial charge is 0.264 e. The van der Waals surface area contributed by atoms with Crippen LogP contribution in [0.1, 0.15) is 30.9 Å². The number of carbonyl (C=O) groups excluding carboxylic acids is 2. The molecule has 4 aromatic carbocycles. The van der Waals surface area contributed by atoms with E-state index in [0.29, 0.717) is 23.0 Å². The summed E-state index contributed by atoms with van der Waals surface area (Å²) in [7, 11) is -2.64. The molecule has 0 spiro atoms. The quantitative estimate of drug-likeness (QED) is 0.157. The average Bonchev–Trinajstić information content (AvgIpc) is 3.06. The van der Waals surface area contributed by atoms with Crippen molar-refractivity contribution in [1.29, 1.82) is 0 Å². The first kappa shape index (κ1) is 33.6. The molecule has 0 aliphatic heterocycles. The number of nitrogens with one attached hydrogen (secondary N) is 1. The maximum Gasteiger partial charge on any atom is 0.264 e. The van der Waals surface area contributed by atoms with Crippen molar-refractivity contribution in [2.24, 2.45) is 0 Å². The maximum atomic E-state index is 14.5. The van der Waals surface area contributed by atoms with Crippen LogP contribution in [0.2, 0.25) is 5.02 Å². The van der Waals surface area contributed by atoms with E-state index in [1.165, 1.54) is 29.2 Å². The molecule has 8 nitrogen and oxygen atoms in total. The molecule has 1 N–H and O–H groups in total. The number of halogens is 1. The molecule has 4 rings (SSSR count). The summed E-state index contributed by atoms with van der Waals surface area (Å²) in [6.07, 6.45) is 1.92. The van der Waals surface area contributed by atoms with E-state index in [2.05, 4.69) is 5.32 Å². The fourth-order valence-corrected chi connectivity index (χ4v) is 6.42. The first-order valence-electron chi connectivity index (χ1n) is 14.8. The minimum Gasteiger partial charge on any atom is -0.497 e. The van der Waals surface area contributed by atoms with Gasteiger partial charge in [-0.25, -0.2) is 8.42 Å². The number of carbonyl (C=O) groups is 2. The molecule has 0 radical (unpaired) electrons. The van der Waals surface area contributed by atoms with E-state index in [1.54, 1.807) is 49.6 Å². The lowest BCUT2D eigenvalue weighted by Crippen LogP contribution is -2.53. The Bertz CT molecular complexity index is 1650. The summed E-state index contributed by atoms with van der Waals surface area (Å²) < 4.78 is 34.5. The lowest BCUT2D eigenvalue weighted by Gasteiger charge is -2.34. The van der Waals surface area contributed by atoms with Crippen LogP contribution >= 0.6 is 11.6 Å². The van der Waals surface area contributed by atoms with E-state index >= 15 is 0 Å². The number of amides is 2. The van der Waals surface area contributed by atoms with Crippen molar-refractivity contribution in [3.8, 4) is 5.75 Å².